The van der Waals surface area contributed by atoms with Crippen molar-refractivity contribution in [3.05, 3.63) is 17.2 Å². The number of anilines is 1. The summed E-state index contributed by atoms with van der Waals surface area (Å²) in [6, 6.07) is 2.29. The molecular formula is C11H16ClN3O6S2. The predicted octanol–water partition coefficient (Wildman–Crippen LogP) is 1.56. The molecule has 0 saturated heterocycles. The monoisotopic (exact) mass is 385 g/mol. The second-order valence-electron chi connectivity index (χ2n) is 4.88. The highest BCUT2D eigenvalue weighted by Gasteiger charge is 2.33. The first-order chi connectivity index (χ1) is 10.5. The van der Waals surface area contributed by atoms with Crippen molar-refractivity contribution >= 4 is 44.1 Å². The van der Waals surface area contributed by atoms with Gasteiger partial charge in [-0.05, 0) is 18.6 Å². The molecule has 9 nitrogen and oxygen atoms in total. The van der Waals surface area contributed by atoms with E-state index in [1.54, 1.807) is 0 Å². The number of fused-ring (bicyclic) bond motifs is 1. The third kappa shape index (κ3) is 3.88. The second-order valence-corrected chi connectivity index (χ2v) is 8.81. The van der Waals surface area contributed by atoms with Crippen molar-refractivity contribution in [2.75, 3.05) is 18.5 Å². The van der Waals surface area contributed by atoms with Gasteiger partial charge in [0, 0.05) is 13.0 Å². The first kappa shape index (κ1) is 18.3. The largest absolute Gasteiger partial charge is 0.481 e. The summed E-state index contributed by atoms with van der Waals surface area (Å²) < 4.78 is 45.2. The molecular weight excluding hydrogens is 370 g/mol. The third-order valence-electron chi connectivity index (χ3n) is 3.24. The maximum atomic E-state index is 11.5. The molecule has 0 fully saturated rings. The number of hydrogen-bond acceptors (Lipinski definition) is 7. The molecule has 0 atom stereocenters. The molecule has 6 N–H and O–H groups in total. The Balaban J connectivity index is 2.36. The lowest BCUT2D eigenvalue weighted by molar-refractivity contribution is -0.137. The molecule has 2 rings (SSSR count). The number of rotatable bonds is 5. The van der Waals surface area contributed by atoms with Gasteiger partial charge in [-0.1, -0.05) is 11.6 Å². The highest BCUT2D eigenvalue weighted by Crippen LogP contribution is 2.57. The van der Waals surface area contributed by atoms with Gasteiger partial charge in [-0.25, -0.2) is 13.6 Å². The Labute approximate surface area is 139 Å². The van der Waals surface area contributed by atoms with Crippen LogP contribution in [0.4, 0.5) is 5.69 Å². The zero-order chi connectivity index (χ0) is 17.4. The van der Waals surface area contributed by atoms with Crippen molar-refractivity contribution in [1.29, 1.82) is 0 Å². The lowest BCUT2D eigenvalue weighted by Crippen LogP contribution is -2.37. The van der Waals surface area contributed by atoms with E-state index < -0.39 is 31.7 Å². The fourth-order valence-corrected chi connectivity index (χ4v) is 4.92. The zero-order valence-corrected chi connectivity index (χ0v) is 14.2. The van der Waals surface area contributed by atoms with E-state index in [2.05, 4.69) is 5.32 Å². The van der Waals surface area contributed by atoms with E-state index in [1.807, 2.05) is 0 Å². The van der Waals surface area contributed by atoms with Gasteiger partial charge < -0.3 is 10.4 Å². The molecule has 12 heteroatoms. The van der Waals surface area contributed by atoms with Crippen LogP contribution in [0.1, 0.15) is 12.8 Å². The van der Waals surface area contributed by atoms with Gasteiger partial charge in [0.1, 0.15) is 4.90 Å². The van der Waals surface area contributed by atoms with Crippen LogP contribution >= 0.6 is 22.4 Å². The fraction of sp³-hybridized carbons (Fsp3) is 0.364. The van der Waals surface area contributed by atoms with Crippen LogP contribution in [0.3, 0.4) is 0 Å². The van der Waals surface area contributed by atoms with E-state index in [1.165, 1.54) is 10.4 Å². The summed E-state index contributed by atoms with van der Waals surface area (Å²) in [7, 11) is -7.61. The Hall–Kier alpha value is -1.08. The average Bonchev–Trinajstić information content (AvgIpc) is 2.39. The maximum Gasteiger partial charge on any atom is 0.303 e. The molecule has 0 radical (unpaired) electrons. The van der Waals surface area contributed by atoms with Gasteiger partial charge in [0.2, 0.25) is 10.0 Å². The quantitative estimate of drug-likeness (QED) is 0.511. The summed E-state index contributed by atoms with van der Waals surface area (Å²) >= 11 is 5.86. The van der Waals surface area contributed by atoms with Gasteiger partial charge >= 0.3 is 5.97 Å². The van der Waals surface area contributed by atoms with Crippen LogP contribution in [-0.2, 0) is 14.8 Å². The Morgan fingerprint density at radius 3 is 2.65 bits per heavy atom. The van der Waals surface area contributed by atoms with Crippen LogP contribution in [0.5, 0.6) is 0 Å². The lowest BCUT2D eigenvalue weighted by atomic mass is 10.3. The average molecular weight is 386 g/mol. The molecule has 0 spiro atoms. The summed E-state index contributed by atoms with van der Waals surface area (Å²) in [5.74, 6) is -0.991. The zero-order valence-electron chi connectivity index (χ0n) is 11.8. The summed E-state index contributed by atoms with van der Waals surface area (Å²) in [5.41, 5.74) is 0.289. The van der Waals surface area contributed by atoms with E-state index in [4.69, 9.17) is 21.8 Å². The molecule has 0 aliphatic carbocycles. The smallest absolute Gasteiger partial charge is 0.303 e. The molecule has 1 aromatic carbocycles. The molecule has 1 aromatic rings. The van der Waals surface area contributed by atoms with Crippen molar-refractivity contribution in [3.63, 3.8) is 0 Å². The number of carboxylic acid groups (broad SMARTS) is 1. The maximum absolute atomic E-state index is 11.5. The van der Waals surface area contributed by atoms with Crippen LogP contribution in [-0.4, -0.2) is 46.1 Å². The number of sulfonamides is 1. The molecule has 1 aliphatic heterocycles. The van der Waals surface area contributed by atoms with Crippen LogP contribution in [0.15, 0.2) is 21.9 Å². The van der Waals surface area contributed by atoms with Crippen molar-refractivity contribution in [2.45, 2.75) is 22.6 Å². The number of hydrogen-bond donors (Lipinski definition) is 5. The van der Waals surface area contributed by atoms with Crippen molar-refractivity contribution < 1.29 is 27.4 Å². The normalized spacial score (nSPS) is 18.8. The first-order valence-corrected chi connectivity index (χ1v) is 9.81. The topological polar surface area (TPSA) is 153 Å². The fourth-order valence-electron chi connectivity index (χ4n) is 2.13. The number of benzene rings is 1. The number of primary sulfonamides is 1. The number of nitrogens with one attached hydrogen (secondary N) is 1. The Morgan fingerprint density at radius 1 is 1.43 bits per heavy atom. The Kier molecular flexibility index (Phi) is 5.11. The van der Waals surface area contributed by atoms with Gasteiger partial charge in [-0.3, -0.25) is 13.9 Å². The summed E-state index contributed by atoms with van der Waals surface area (Å²) in [5, 5.41) is 16.5. The van der Waals surface area contributed by atoms with Crippen molar-refractivity contribution in [2.24, 2.45) is 5.14 Å². The Morgan fingerprint density at radius 2 is 2.09 bits per heavy atom. The molecule has 130 valence electrons. The number of nitrogens with two attached hydrogens (primary N) is 1. The number of aliphatic carboxylic acids is 1. The van der Waals surface area contributed by atoms with E-state index in [9.17, 15) is 22.3 Å². The van der Waals surface area contributed by atoms with E-state index in [-0.39, 0.29) is 41.7 Å². The second kappa shape index (κ2) is 6.43. The molecule has 0 amide bonds. The first-order valence-electron chi connectivity index (χ1n) is 6.39. The molecule has 1 heterocycles. The number of halogens is 1. The van der Waals surface area contributed by atoms with E-state index in [0.717, 1.165) is 6.07 Å². The van der Waals surface area contributed by atoms with Crippen molar-refractivity contribution in [1.82, 2.24) is 4.31 Å². The predicted molar refractivity (Wildman–Crippen MR) is 86.0 cm³/mol. The highest BCUT2D eigenvalue weighted by molar-refractivity contribution is 8.22. The van der Waals surface area contributed by atoms with Gasteiger partial charge in [-0.2, -0.15) is 4.31 Å². The molecule has 0 saturated carbocycles. The standard InChI is InChI=1S/C11H16ClN3O6S2/c12-7-4-8-10(5-9(7)22(13,18)19)23(20,21)15(6-14-8)3-1-2-11(16)17/h4-5,14,20-21H,1-3,6H2,(H,16,17)(H2,13,18,19). The SMILES string of the molecule is NS(=O)(=O)c1cc2c(cc1Cl)NCN(CCCC(=O)O)S2(O)O. The summed E-state index contributed by atoms with van der Waals surface area (Å²) in [6.45, 7) is 0.161. The minimum Gasteiger partial charge on any atom is -0.481 e. The third-order valence-corrected chi connectivity index (χ3v) is 6.57. The summed E-state index contributed by atoms with van der Waals surface area (Å²) in [4.78, 5) is 10.1. The van der Waals surface area contributed by atoms with E-state index >= 15 is 0 Å². The van der Waals surface area contributed by atoms with Gasteiger partial charge in [0.15, 0.2) is 0 Å². The van der Waals surface area contributed by atoms with Crippen LogP contribution in [0.25, 0.3) is 0 Å². The minimum absolute atomic E-state index is 0.0486. The minimum atomic E-state index is -4.13. The number of carbonyl (C=O) groups is 1. The van der Waals surface area contributed by atoms with Gasteiger partial charge in [-0.15, -0.1) is 10.8 Å². The van der Waals surface area contributed by atoms with Crippen LogP contribution in [0.2, 0.25) is 5.02 Å². The van der Waals surface area contributed by atoms with Gasteiger partial charge in [0.05, 0.1) is 22.3 Å². The molecule has 0 unspecified atom stereocenters. The van der Waals surface area contributed by atoms with Crippen LogP contribution in [0, 0.1) is 0 Å². The molecule has 1 aliphatic rings. The molecule has 0 bridgehead atoms. The molecule has 23 heavy (non-hydrogen) atoms. The van der Waals surface area contributed by atoms with E-state index in [0.29, 0.717) is 0 Å². The number of carboxylic acids is 1. The highest BCUT2D eigenvalue weighted by atomic mass is 35.5. The lowest BCUT2D eigenvalue weighted by Gasteiger charge is -2.47. The Bertz CT molecular complexity index is 740. The van der Waals surface area contributed by atoms with Crippen LogP contribution < -0.4 is 10.5 Å². The summed E-state index contributed by atoms with van der Waals surface area (Å²) in [6.07, 6.45) is 0.0831. The van der Waals surface area contributed by atoms with Crippen molar-refractivity contribution in [3.8, 4) is 0 Å². The molecule has 0 aromatic heterocycles. The number of nitrogens with zero attached hydrogens (tertiary/aromatic N) is 1. The van der Waals surface area contributed by atoms with Gasteiger partial charge in [0.25, 0.3) is 0 Å².